The van der Waals surface area contributed by atoms with Gasteiger partial charge in [0.05, 0.1) is 6.10 Å². The molecule has 0 radical (unpaired) electrons. The van der Waals surface area contributed by atoms with Crippen LogP contribution in [0.15, 0.2) is 0 Å². The second-order valence-corrected chi connectivity index (χ2v) is 7.56. The molecule has 4 unspecified atom stereocenters. The fraction of sp³-hybridized carbons (Fsp3) is 1.00. The molecule has 0 bridgehead atoms. The predicted molar refractivity (Wildman–Crippen MR) is 76.3 cm³/mol. The molecule has 1 aliphatic carbocycles. The van der Waals surface area contributed by atoms with Crippen molar-refractivity contribution in [2.75, 3.05) is 5.75 Å². The minimum atomic E-state index is 0.500. The number of thioether (sulfide) groups is 1. The molecule has 4 atom stereocenters. The molecule has 0 N–H and O–H groups in total. The van der Waals surface area contributed by atoms with Gasteiger partial charge < -0.3 is 4.74 Å². The van der Waals surface area contributed by atoms with Gasteiger partial charge in [0.1, 0.15) is 5.44 Å². The Morgan fingerprint density at radius 1 is 1.12 bits per heavy atom. The van der Waals surface area contributed by atoms with Gasteiger partial charge in [-0.1, -0.05) is 27.2 Å². The second kappa shape index (κ2) is 6.47. The van der Waals surface area contributed by atoms with Crippen LogP contribution < -0.4 is 0 Å². The maximum atomic E-state index is 6.44. The van der Waals surface area contributed by atoms with E-state index in [2.05, 4.69) is 20.8 Å². The summed E-state index contributed by atoms with van der Waals surface area (Å²) >= 11 is 2.05. The van der Waals surface area contributed by atoms with Crippen LogP contribution in [-0.2, 0) is 4.74 Å². The first-order chi connectivity index (χ1) is 8.16. The second-order valence-electron chi connectivity index (χ2n) is 6.30. The normalized spacial score (nSPS) is 39.5. The lowest BCUT2D eigenvalue weighted by molar-refractivity contribution is -0.0530. The summed E-state index contributed by atoms with van der Waals surface area (Å²) < 4.78 is 6.44. The van der Waals surface area contributed by atoms with E-state index in [-0.39, 0.29) is 0 Å². The van der Waals surface area contributed by atoms with E-state index >= 15 is 0 Å². The van der Waals surface area contributed by atoms with Crippen LogP contribution in [-0.4, -0.2) is 17.3 Å². The Balaban J connectivity index is 1.89. The van der Waals surface area contributed by atoms with Crippen molar-refractivity contribution in [1.82, 2.24) is 0 Å². The molecule has 1 heterocycles. The first-order valence-electron chi connectivity index (χ1n) is 7.44. The summed E-state index contributed by atoms with van der Waals surface area (Å²) in [5.41, 5.74) is 0.500. The van der Waals surface area contributed by atoms with Crippen LogP contribution in [0.25, 0.3) is 0 Å². The molecule has 2 aliphatic rings. The Bertz CT molecular complexity index is 223. The molecule has 0 aromatic rings. The van der Waals surface area contributed by atoms with Crippen molar-refractivity contribution in [3.05, 3.63) is 0 Å². The van der Waals surface area contributed by atoms with Gasteiger partial charge in [-0.2, -0.15) is 0 Å². The molecule has 0 aromatic carbocycles. The lowest BCUT2D eigenvalue weighted by Gasteiger charge is -2.39. The van der Waals surface area contributed by atoms with Gasteiger partial charge in [-0.05, 0) is 55.6 Å². The third-order valence-electron chi connectivity index (χ3n) is 4.43. The highest BCUT2D eigenvalue weighted by molar-refractivity contribution is 7.99. The number of hydrogen-bond donors (Lipinski definition) is 0. The average molecular weight is 256 g/mol. The molecule has 100 valence electrons. The van der Waals surface area contributed by atoms with Crippen LogP contribution in [0.2, 0.25) is 0 Å². The van der Waals surface area contributed by atoms with E-state index in [4.69, 9.17) is 4.74 Å². The number of hydrogen-bond acceptors (Lipinski definition) is 2. The van der Waals surface area contributed by atoms with E-state index in [0.29, 0.717) is 11.5 Å². The predicted octanol–water partition coefficient (Wildman–Crippen LogP) is 4.71. The highest BCUT2D eigenvalue weighted by Gasteiger charge is 2.33. The van der Waals surface area contributed by atoms with Crippen molar-refractivity contribution < 1.29 is 4.74 Å². The van der Waals surface area contributed by atoms with E-state index in [1.54, 1.807) is 0 Å². The zero-order valence-electron chi connectivity index (χ0n) is 11.7. The van der Waals surface area contributed by atoms with E-state index in [0.717, 1.165) is 17.8 Å². The lowest BCUT2D eigenvalue weighted by Crippen LogP contribution is -2.36. The summed E-state index contributed by atoms with van der Waals surface area (Å²) in [5.74, 6) is 3.75. The third kappa shape index (κ3) is 3.89. The molecule has 1 saturated carbocycles. The van der Waals surface area contributed by atoms with E-state index in [1.807, 2.05) is 11.8 Å². The van der Waals surface area contributed by atoms with Crippen LogP contribution in [0.3, 0.4) is 0 Å². The molecule has 1 aliphatic heterocycles. The summed E-state index contributed by atoms with van der Waals surface area (Å²) in [6.45, 7) is 7.12. The van der Waals surface area contributed by atoms with Gasteiger partial charge in [-0.25, -0.2) is 0 Å². The standard InChI is InChI=1S/C15H28OS/c1-11(2)13-8-7-12(3)10-14(13)16-15-6-4-5-9-17-15/h11-15H,4-10H2,1-3H3. The monoisotopic (exact) mass is 256 g/mol. The van der Waals surface area contributed by atoms with Gasteiger partial charge >= 0.3 is 0 Å². The highest BCUT2D eigenvalue weighted by atomic mass is 32.2. The maximum Gasteiger partial charge on any atom is 0.103 e. The van der Waals surface area contributed by atoms with Crippen molar-refractivity contribution in [3.63, 3.8) is 0 Å². The molecule has 1 saturated heterocycles. The zero-order valence-corrected chi connectivity index (χ0v) is 12.5. The molecule has 17 heavy (non-hydrogen) atoms. The molecule has 2 heteroatoms. The fourth-order valence-electron chi connectivity index (χ4n) is 3.28. The van der Waals surface area contributed by atoms with Gasteiger partial charge in [0.15, 0.2) is 0 Å². The molecular formula is C15H28OS. The van der Waals surface area contributed by atoms with Crippen LogP contribution in [0.1, 0.15) is 59.3 Å². The van der Waals surface area contributed by atoms with Gasteiger partial charge in [0, 0.05) is 0 Å². The Morgan fingerprint density at radius 2 is 1.94 bits per heavy atom. The van der Waals surface area contributed by atoms with Crippen molar-refractivity contribution in [3.8, 4) is 0 Å². The van der Waals surface area contributed by atoms with E-state index in [1.165, 1.54) is 44.3 Å². The lowest BCUT2D eigenvalue weighted by atomic mass is 9.75. The minimum absolute atomic E-state index is 0.500. The van der Waals surface area contributed by atoms with Gasteiger partial charge in [0.2, 0.25) is 0 Å². The summed E-state index contributed by atoms with van der Waals surface area (Å²) in [5, 5.41) is 0. The van der Waals surface area contributed by atoms with Crippen molar-refractivity contribution in [2.45, 2.75) is 70.8 Å². The van der Waals surface area contributed by atoms with E-state index < -0.39 is 0 Å². The third-order valence-corrected chi connectivity index (χ3v) is 5.67. The molecular weight excluding hydrogens is 228 g/mol. The largest absolute Gasteiger partial charge is 0.364 e. The minimum Gasteiger partial charge on any atom is -0.364 e. The molecule has 0 spiro atoms. The first kappa shape index (κ1) is 13.7. The van der Waals surface area contributed by atoms with Crippen molar-refractivity contribution >= 4 is 11.8 Å². The smallest absolute Gasteiger partial charge is 0.103 e. The summed E-state index contributed by atoms with van der Waals surface area (Å²) in [6.07, 6.45) is 8.64. The van der Waals surface area contributed by atoms with Gasteiger partial charge in [-0.15, -0.1) is 11.8 Å². The fourth-order valence-corrected chi connectivity index (χ4v) is 4.47. The maximum absolute atomic E-state index is 6.44. The Kier molecular flexibility index (Phi) is 5.23. The Hall–Kier alpha value is 0.310. The molecule has 2 fully saturated rings. The number of rotatable bonds is 3. The molecule has 2 rings (SSSR count). The quantitative estimate of drug-likeness (QED) is 0.723. The summed E-state index contributed by atoms with van der Waals surface area (Å²) in [6, 6.07) is 0. The van der Waals surface area contributed by atoms with Crippen LogP contribution in [0.4, 0.5) is 0 Å². The van der Waals surface area contributed by atoms with E-state index in [9.17, 15) is 0 Å². The van der Waals surface area contributed by atoms with Crippen LogP contribution in [0, 0.1) is 17.8 Å². The summed E-state index contributed by atoms with van der Waals surface area (Å²) in [4.78, 5) is 0. The Morgan fingerprint density at radius 3 is 2.59 bits per heavy atom. The average Bonchev–Trinajstić information content (AvgIpc) is 2.30. The van der Waals surface area contributed by atoms with Crippen molar-refractivity contribution in [1.29, 1.82) is 0 Å². The number of ether oxygens (including phenoxy) is 1. The van der Waals surface area contributed by atoms with Gasteiger partial charge in [0.25, 0.3) is 0 Å². The highest BCUT2D eigenvalue weighted by Crippen LogP contribution is 2.38. The van der Waals surface area contributed by atoms with Gasteiger partial charge in [-0.3, -0.25) is 0 Å². The Labute approximate surface area is 111 Å². The summed E-state index contributed by atoms with van der Waals surface area (Å²) in [7, 11) is 0. The first-order valence-corrected chi connectivity index (χ1v) is 8.48. The zero-order chi connectivity index (χ0) is 12.3. The van der Waals surface area contributed by atoms with Crippen LogP contribution in [0.5, 0.6) is 0 Å². The topological polar surface area (TPSA) is 9.23 Å². The SMILES string of the molecule is CC1CCC(C(C)C)C(OC2CCCCS2)C1. The van der Waals surface area contributed by atoms with Crippen molar-refractivity contribution in [2.24, 2.45) is 17.8 Å². The molecule has 0 amide bonds. The molecule has 0 aromatic heterocycles. The van der Waals surface area contributed by atoms with Crippen LogP contribution >= 0.6 is 11.8 Å². The molecule has 1 nitrogen and oxygen atoms in total.